The average Bonchev–Trinajstić information content (AvgIpc) is 2.84. The number of hydrogen-bond acceptors (Lipinski definition) is 3. The van der Waals surface area contributed by atoms with Crippen LogP contribution in [0.5, 0.6) is 0 Å². The molecule has 2 N–H and O–H groups in total. The molecule has 2 unspecified atom stereocenters. The molecule has 0 aliphatic heterocycles. The van der Waals surface area contributed by atoms with E-state index < -0.39 is 0 Å². The zero-order valence-corrected chi connectivity index (χ0v) is 13.6. The number of benzene rings is 1. The third-order valence-electron chi connectivity index (χ3n) is 3.85. The normalized spacial score (nSPS) is 14.4. The Morgan fingerprint density at radius 1 is 1.43 bits per heavy atom. The van der Waals surface area contributed by atoms with Crippen LogP contribution in [0.4, 0.5) is 0 Å². The zero-order chi connectivity index (χ0) is 15.4. The Kier molecular flexibility index (Phi) is 5.39. The van der Waals surface area contributed by atoms with Gasteiger partial charge in [0.25, 0.3) is 0 Å². The fraction of sp³-hybridized carbons (Fsp3) is 0.438. The van der Waals surface area contributed by atoms with Gasteiger partial charge in [0.15, 0.2) is 0 Å². The molecule has 1 heterocycles. The van der Waals surface area contributed by atoms with Gasteiger partial charge in [-0.15, -0.1) is 0 Å². The first kappa shape index (κ1) is 16.0. The van der Waals surface area contributed by atoms with E-state index in [2.05, 4.69) is 29.9 Å². The lowest BCUT2D eigenvalue weighted by atomic mass is 9.96. The molecule has 5 heteroatoms. The van der Waals surface area contributed by atoms with Gasteiger partial charge < -0.3 is 10.3 Å². The maximum atomic E-state index is 6.36. The van der Waals surface area contributed by atoms with Crippen molar-refractivity contribution in [2.75, 3.05) is 7.05 Å². The Balaban J connectivity index is 2.25. The molecule has 0 bridgehead atoms. The number of nitrogens with two attached hydrogens (primary N) is 1. The summed E-state index contributed by atoms with van der Waals surface area (Å²) in [5.74, 6) is 1.02. The van der Waals surface area contributed by atoms with Gasteiger partial charge in [-0.2, -0.15) is 0 Å². The monoisotopic (exact) mass is 306 g/mol. The van der Waals surface area contributed by atoms with E-state index in [4.69, 9.17) is 17.3 Å². The molecule has 2 aromatic rings. The van der Waals surface area contributed by atoms with Crippen LogP contribution in [0.15, 0.2) is 36.7 Å². The molecule has 21 heavy (non-hydrogen) atoms. The highest BCUT2D eigenvalue weighted by Crippen LogP contribution is 2.27. The molecule has 1 aromatic carbocycles. The number of nitrogens with zero attached hydrogens (tertiary/aromatic N) is 3. The number of likely N-dealkylation sites (N-methyl/N-ethyl adjacent to an activating group) is 1. The average molecular weight is 307 g/mol. The molecule has 4 nitrogen and oxygen atoms in total. The summed E-state index contributed by atoms with van der Waals surface area (Å²) in [6, 6.07) is 8.11. The fourth-order valence-electron chi connectivity index (χ4n) is 2.61. The number of halogens is 1. The third-order valence-corrected chi connectivity index (χ3v) is 4.09. The lowest BCUT2D eigenvalue weighted by molar-refractivity contribution is 0.195. The fourth-order valence-corrected chi connectivity index (χ4v) is 2.81. The molecular weight excluding hydrogens is 284 g/mol. The summed E-state index contributed by atoms with van der Waals surface area (Å²) in [6.45, 7) is 2.85. The van der Waals surface area contributed by atoms with Crippen molar-refractivity contribution in [3.63, 3.8) is 0 Å². The zero-order valence-electron chi connectivity index (χ0n) is 12.8. The molecule has 0 radical (unpaired) electrons. The molecule has 0 aliphatic rings. The standard InChI is InChI=1S/C16H23ClN4/c1-4-14(18)16(12-6-5-7-13(17)10-12)21(3)11-15-19-8-9-20(15)2/h5-10,14,16H,4,11,18H2,1-3H3. The quantitative estimate of drug-likeness (QED) is 0.892. The number of aromatic nitrogens is 2. The molecule has 0 saturated heterocycles. The van der Waals surface area contributed by atoms with Crippen LogP contribution < -0.4 is 5.73 Å². The molecule has 1 aromatic heterocycles. The molecule has 0 spiro atoms. The summed E-state index contributed by atoms with van der Waals surface area (Å²) in [7, 11) is 4.08. The first-order valence-electron chi connectivity index (χ1n) is 7.20. The first-order chi connectivity index (χ1) is 10.0. The second-order valence-corrected chi connectivity index (χ2v) is 5.88. The number of imidazole rings is 1. The Bertz CT molecular complexity index is 581. The molecule has 0 saturated carbocycles. The van der Waals surface area contributed by atoms with Crippen molar-refractivity contribution < 1.29 is 0 Å². The summed E-state index contributed by atoms with van der Waals surface area (Å²) < 4.78 is 2.03. The third kappa shape index (κ3) is 3.84. The highest BCUT2D eigenvalue weighted by atomic mass is 35.5. The van der Waals surface area contributed by atoms with Gasteiger partial charge in [0.2, 0.25) is 0 Å². The van der Waals surface area contributed by atoms with Crippen molar-refractivity contribution in [1.29, 1.82) is 0 Å². The van der Waals surface area contributed by atoms with Gasteiger partial charge in [-0.3, -0.25) is 4.90 Å². The highest BCUT2D eigenvalue weighted by molar-refractivity contribution is 6.30. The number of aryl methyl sites for hydroxylation is 1. The van der Waals surface area contributed by atoms with E-state index in [1.807, 2.05) is 42.2 Å². The topological polar surface area (TPSA) is 47.1 Å². The maximum Gasteiger partial charge on any atom is 0.122 e. The molecule has 0 fully saturated rings. The Morgan fingerprint density at radius 2 is 2.19 bits per heavy atom. The summed E-state index contributed by atoms with van der Waals surface area (Å²) in [5, 5.41) is 0.742. The van der Waals surface area contributed by atoms with Gasteiger partial charge in [0.05, 0.1) is 12.6 Å². The lowest BCUT2D eigenvalue weighted by Gasteiger charge is -2.32. The van der Waals surface area contributed by atoms with Gasteiger partial charge in [0.1, 0.15) is 5.82 Å². The van der Waals surface area contributed by atoms with Crippen molar-refractivity contribution in [2.45, 2.75) is 32.0 Å². The van der Waals surface area contributed by atoms with Crippen LogP contribution in [0.3, 0.4) is 0 Å². The van der Waals surface area contributed by atoms with E-state index in [0.717, 1.165) is 29.4 Å². The van der Waals surface area contributed by atoms with E-state index in [0.29, 0.717) is 0 Å². The van der Waals surface area contributed by atoms with E-state index >= 15 is 0 Å². The Labute approximate surface area is 131 Å². The van der Waals surface area contributed by atoms with Crippen LogP contribution in [0.1, 0.15) is 30.8 Å². The largest absolute Gasteiger partial charge is 0.337 e. The van der Waals surface area contributed by atoms with E-state index in [1.165, 1.54) is 0 Å². The SMILES string of the molecule is CCC(N)C(c1cccc(Cl)c1)N(C)Cc1nccn1C. The lowest BCUT2D eigenvalue weighted by Crippen LogP contribution is -2.39. The van der Waals surface area contributed by atoms with Gasteiger partial charge in [0, 0.05) is 30.5 Å². The van der Waals surface area contributed by atoms with Crippen molar-refractivity contribution in [1.82, 2.24) is 14.5 Å². The van der Waals surface area contributed by atoms with Crippen molar-refractivity contribution in [3.8, 4) is 0 Å². The van der Waals surface area contributed by atoms with E-state index in [-0.39, 0.29) is 12.1 Å². The minimum Gasteiger partial charge on any atom is -0.337 e. The first-order valence-corrected chi connectivity index (χ1v) is 7.58. The molecule has 2 rings (SSSR count). The van der Waals surface area contributed by atoms with Crippen molar-refractivity contribution in [2.24, 2.45) is 12.8 Å². The van der Waals surface area contributed by atoms with Crippen LogP contribution in [-0.2, 0) is 13.6 Å². The number of hydrogen-bond donors (Lipinski definition) is 1. The number of rotatable bonds is 6. The molecule has 2 atom stereocenters. The predicted molar refractivity (Wildman–Crippen MR) is 87.1 cm³/mol. The van der Waals surface area contributed by atoms with Crippen LogP contribution in [0.2, 0.25) is 5.02 Å². The second-order valence-electron chi connectivity index (χ2n) is 5.44. The van der Waals surface area contributed by atoms with Crippen molar-refractivity contribution >= 4 is 11.6 Å². The summed E-state index contributed by atoms with van der Waals surface area (Å²) >= 11 is 6.13. The van der Waals surface area contributed by atoms with Gasteiger partial charge >= 0.3 is 0 Å². The molecule has 0 amide bonds. The Hall–Kier alpha value is -1.36. The van der Waals surface area contributed by atoms with Crippen LogP contribution >= 0.6 is 11.6 Å². The van der Waals surface area contributed by atoms with Crippen molar-refractivity contribution in [3.05, 3.63) is 53.1 Å². The van der Waals surface area contributed by atoms with Gasteiger partial charge in [-0.25, -0.2) is 4.98 Å². The second kappa shape index (κ2) is 7.07. The maximum absolute atomic E-state index is 6.36. The van der Waals surface area contributed by atoms with Gasteiger partial charge in [-0.1, -0.05) is 30.7 Å². The molecule has 114 valence electrons. The summed E-state index contributed by atoms with van der Waals surface area (Å²) in [5.41, 5.74) is 7.50. The Morgan fingerprint density at radius 3 is 2.76 bits per heavy atom. The van der Waals surface area contributed by atoms with Gasteiger partial charge in [-0.05, 0) is 31.2 Å². The summed E-state index contributed by atoms with van der Waals surface area (Å²) in [6.07, 6.45) is 4.68. The minimum absolute atomic E-state index is 0.0498. The minimum atomic E-state index is 0.0498. The summed E-state index contributed by atoms with van der Waals surface area (Å²) in [4.78, 5) is 6.63. The smallest absolute Gasteiger partial charge is 0.122 e. The van der Waals surface area contributed by atoms with Crippen LogP contribution in [-0.4, -0.2) is 27.5 Å². The van der Waals surface area contributed by atoms with Crippen LogP contribution in [0.25, 0.3) is 0 Å². The molecular formula is C16H23ClN4. The van der Waals surface area contributed by atoms with Crippen LogP contribution in [0, 0.1) is 0 Å². The van der Waals surface area contributed by atoms with E-state index in [9.17, 15) is 0 Å². The predicted octanol–water partition coefficient (Wildman–Crippen LogP) is 2.98. The molecule has 0 aliphatic carbocycles. The highest BCUT2D eigenvalue weighted by Gasteiger charge is 2.24. The van der Waals surface area contributed by atoms with E-state index in [1.54, 1.807) is 0 Å².